The number of esters is 1. The Kier molecular flexibility index (Phi) is 5.12. The van der Waals surface area contributed by atoms with E-state index in [1.807, 2.05) is 6.92 Å². The fourth-order valence-corrected chi connectivity index (χ4v) is 0.520. The van der Waals surface area contributed by atoms with E-state index in [0.717, 1.165) is 6.42 Å². The molecule has 0 saturated carbocycles. The molecule has 0 unspecified atom stereocenters. The van der Waals surface area contributed by atoms with Gasteiger partial charge in [-0.05, 0) is 18.2 Å². The van der Waals surface area contributed by atoms with Crippen LogP contribution in [-0.2, 0) is 9.53 Å². The lowest BCUT2D eigenvalue weighted by atomic mass is 10.5. The summed E-state index contributed by atoms with van der Waals surface area (Å²) in [5.74, 6) is -0.311. The standard InChI is InChI=1S/C7H12O2S/c1-3-4-9-7(8)5-6(2)10/h5,10H,3-4H2,1-2H3. The van der Waals surface area contributed by atoms with Gasteiger partial charge in [-0.15, -0.1) is 12.6 Å². The number of hydrogen-bond donors (Lipinski definition) is 1. The predicted molar refractivity (Wildman–Crippen MR) is 44.0 cm³/mol. The average molecular weight is 160 g/mol. The third-order valence-corrected chi connectivity index (χ3v) is 0.904. The summed E-state index contributed by atoms with van der Waals surface area (Å²) in [7, 11) is 0. The molecule has 0 aliphatic rings. The van der Waals surface area contributed by atoms with Crippen LogP contribution < -0.4 is 0 Å². The second kappa shape index (κ2) is 5.35. The van der Waals surface area contributed by atoms with Crippen LogP contribution in [0.15, 0.2) is 11.0 Å². The van der Waals surface area contributed by atoms with Crippen LogP contribution in [0.3, 0.4) is 0 Å². The van der Waals surface area contributed by atoms with Gasteiger partial charge in [0.1, 0.15) is 0 Å². The Labute approximate surface area is 66.7 Å². The predicted octanol–water partition coefficient (Wildman–Crippen LogP) is 1.77. The summed E-state index contributed by atoms with van der Waals surface area (Å²) < 4.78 is 4.74. The van der Waals surface area contributed by atoms with Crippen molar-refractivity contribution in [3.05, 3.63) is 11.0 Å². The lowest BCUT2D eigenvalue weighted by Gasteiger charge is -1.96. The highest BCUT2D eigenvalue weighted by Gasteiger charge is 1.94. The maximum absolute atomic E-state index is 10.7. The molecule has 3 heteroatoms. The van der Waals surface area contributed by atoms with Crippen molar-refractivity contribution < 1.29 is 9.53 Å². The number of thiol groups is 1. The minimum absolute atomic E-state index is 0.311. The first-order chi connectivity index (χ1) is 4.66. The molecule has 0 aromatic heterocycles. The highest BCUT2D eigenvalue weighted by molar-refractivity contribution is 7.84. The zero-order valence-corrected chi connectivity index (χ0v) is 7.15. The molecule has 0 saturated heterocycles. The number of allylic oxidation sites excluding steroid dienone is 1. The topological polar surface area (TPSA) is 26.3 Å². The van der Waals surface area contributed by atoms with Gasteiger partial charge in [-0.1, -0.05) is 6.92 Å². The monoisotopic (exact) mass is 160 g/mol. The average Bonchev–Trinajstić information content (AvgIpc) is 1.82. The van der Waals surface area contributed by atoms with E-state index >= 15 is 0 Å². The third kappa shape index (κ3) is 5.69. The van der Waals surface area contributed by atoms with E-state index in [-0.39, 0.29) is 5.97 Å². The van der Waals surface area contributed by atoms with Crippen molar-refractivity contribution in [2.24, 2.45) is 0 Å². The smallest absolute Gasteiger partial charge is 0.331 e. The first-order valence-electron chi connectivity index (χ1n) is 3.20. The van der Waals surface area contributed by atoms with E-state index in [1.165, 1.54) is 6.08 Å². The van der Waals surface area contributed by atoms with Gasteiger partial charge in [0.25, 0.3) is 0 Å². The van der Waals surface area contributed by atoms with Crippen LogP contribution >= 0.6 is 12.6 Å². The van der Waals surface area contributed by atoms with Crippen LogP contribution in [0.25, 0.3) is 0 Å². The van der Waals surface area contributed by atoms with Crippen molar-refractivity contribution in [1.29, 1.82) is 0 Å². The summed E-state index contributed by atoms with van der Waals surface area (Å²) in [5.41, 5.74) is 0. The molecule has 58 valence electrons. The summed E-state index contributed by atoms with van der Waals surface area (Å²) >= 11 is 3.92. The Hall–Kier alpha value is -0.440. The summed E-state index contributed by atoms with van der Waals surface area (Å²) in [6.07, 6.45) is 2.21. The first-order valence-corrected chi connectivity index (χ1v) is 3.65. The van der Waals surface area contributed by atoms with Gasteiger partial charge < -0.3 is 4.74 Å². The molecule has 2 nitrogen and oxygen atoms in total. The quantitative estimate of drug-likeness (QED) is 0.387. The molecule has 0 radical (unpaired) electrons. The zero-order chi connectivity index (χ0) is 7.98. The molecule has 0 atom stereocenters. The molecular weight excluding hydrogens is 148 g/mol. The van der Waals surface area contributed by atoms with Gasteiger partial charge in [0.05, 0.1) is 6.61 Å². The molecular formula is C7H12O2S. The van der Waals surface area contributed by atoms with E-state index in [9.17, 15) is 4.79 Å². The summed E-state index contributed by atoms with van der Waals surface area (Å²) in [5, 5.41) is 0. The molecule has 0 aromatic rings. The van der Waals surface area contributed by atoms with E-state index in [4.69, 9.17) is 4.74 Å². The van der Waals surface area contributed by atoms with Crippen molar-refractivity contribution in [2.75, 3.05) is 6.61 Å². The number of ether oxygens (including phenoxy) is 1. The summed E-state index contributed by atoms with van der Waals surface area (Å²) in [4.78, 5) is 11.3. The normalized spacial score (nSPS) is 11.3. The van der Waals surface area contributed by atoms with E-state index < -0.39 is 0 Å². The van der Waals surface area contributed by atoms with E-state index in [1.54, 1.807) is 6.92 Å². The molecule has 0 spiro atoms. The largest absolute Gasteiger partial charge is 0.463 e. The molecule has 10 heavy (non-hydrogen) atoms. The highest BCUT2D eigenvalue weighted by atomic mass is 32.1. The van der Waals surface area contributed by atoms with Crippen LogP contribution in [-0.4, -0.2) is 12.6 Å². The molecule has 0 aromatic carbocycles. The number of rotatable bonds is 3. The third-order valence-electron chi connectivity index (χ3n) is 0.775. The second-order valence-electron chi connectivity index (χ2n) is 1.95. The Morgan fingerprint density at radius 2 is 2.30 bits per heavy atom. The molecule has 0 aliphatic carbocycles. The Bertz CT molecular complexity index is 137. The fourth-order valence-electron chi connectivity index (χ4n) is 0.415. The number of carbonyl (C=O) groups excluding carboxylic acids is 1. The van der Waals surface area contributed by atoms with Crippen molar-refractivity contribution in [2.45, 2.75) is 20.3 Å². The van der Waals surface area contributed by atoms with Gasteiger partial charge in [0, 0.05) is 6.08 Å². The van der Waals surface area contributed by atoms with Gasteiger partial charge >= 0.3 is 5.97 Å². The van der Waals surface area contributed by atoms with Crippen molar-refractivity contribution >= 4 is 18.6 Å². The van der Waals surface area contributed by atoms with Gasteiger partial charge in [-0.2, -0.15) is 0 Å². The number of carbonyl (C=O) groups is 1. The molecule has 0 amide bonds. The van der Waals surface area contributed by atoms with Gasteiger partial charge in [-0.25, -0.2) is 4.79 Å². The van der Waals surface area contributed by atoms with Gasteiger partial charge in [0.15, 0.2) is 0 Å². The van der Waals surface area contributed by atoms with Crippen LogP contribution in [0, 0.1) is 0 Å². The second-order valence-corrected chi connectivity index (χ2v) is 2.66. The first kappa shape index (κ1) is 9.56. The van der Waals surface area contributed by atoms with Crippen molar-refractivity contribution in [3.8, 4) is 0 Å². The van der Waals surface area contributed by atoms with Crippen LogP contribution in [0.5, 0.6) is 0 Å². The van der Waals surface area contributed by atoms with Crippen molar-refractivity contribution in [1.82, 2.24) is 0 Å². The van der Waals surface area contributed by atoms with E-state index in [0.29, 0.717) is 11.5 Å². The minimum Gasteiger partial charge on any atom is -0.463 e. The Morgan fingerprint density at radius 1 is 1.70 bits per heavy atom. The molecule has 0 heterocycles. The zero-order valence-electron chi connectivity index (χ0n) is 6.26. The van der Waals surface area contributed by atoms with Crippen LogP contribution in [0.4, 0.5) is 0 Å². The van der Waals surface area contributed by atoms with E-state index in [2.05, 4.69) is 12.6 Å². The molecule has 0 bridgehead atoms. The van der Waals surface area contributed by atoms with Crippen LogP contribution in [0.2, 0.25) is 0 Å². The Morgan fingerprint density at radius 3 is 2.70 bits per heavy atom. The fraction of sp³-hybridized carbons (Fsp3) is 0.571. The Balaban J connectivity index is 3.54. The lowest BCUT2D eigenvalue weighted by molar-refractivity contribution is -0.137. The number of hydrogen-bond acceptors (Lipinski definition) is 3. The van der Waals surface area contributed by atoms with Gasteiger partial charge in [0.2, 0.25) is 0 Å². The van der Waals surface area contributed by atoms with Crippen LogP contribution in [0.1, 0.15) is 20.3 Å². The van der Waals surface area contributed by atoms with Gasteiger partial charge in [-0.3, -0.25) is 0 Å². The maximum Gasteiger partial charge on any atom is 0.331 e. The summed E-state index contributed by atoms with van der Waals surface area (Å²) in [6, 6.07) is 0. The molecule has 0 fully saturated rings. The molecule has 0 N–H and O–H groups in total. The van der Waals surface area contributed by atoms with Crippen molar-refractivity contribution in [3.63, 3.8) is 0 Å². The summed E-state index contributed by atoms with van der Waals surface area (Å²) in [6.45, 7) is 4.16. The lowest BCUT2D eigenvalue weighted by Crippen LogP contribution is -2.01. The molecule has 0 rings (SSSR count). The SMILES string of the molecule is CCCOC(=O)C=C(C)S. The maximum atomic E-state index is 10.7. The molecule has 0 aliphatic heterocycles. The minimum atomic E-state index is -0.311. The highest BCUT2D eigenvalue weighted by Crippen LogP contribution is 1.97.